The molecule has 0 saturated carbocycles. The maximum Gasteiger partial charge on any atom is 0.253 e. The van der Waals surface area contributed by atoms with Gasteiger partial charge in [-0.1, -0.05) is 19.8 Å². The standard InChI is InChI=1S/C17H26N2O2/c1-2-3-4-12-21-16-9-7-14(8-10-16)17(20)19-11-5-6-15(18)13-19/h7-10,15H,2-6,11-13,18H2,1H3. The van der Waals surface area contributed by atoms with Crippen molar-refractivity contribution in [1.82, 2.24) is 4.90 Å². The summed E-state index contributed by atoms with van der Waals surface area (Å²) in [7, 11) is 0. The van der Waals surface area contributed by atoms with Gasteiger partial charge in [-0.2, -0.15) is 0 Å². The first-order valence-electron chi connectivity index (χ1n) is 7.98. The van der Waals surface area contributed by atoms with Crippen LogP contribution in [0.5, 0.6) is 5.75 Å². The number of nitrogens with two attached hydrogens (primary N) is 1. The maximum atomic E-state index is 12.4. The van der Waals surface area contributed by atoms with Crippen LogP contribution in [0.15, 0.2) is 24.3 Å². The molecule has 0 spiro atoms. The van der Waals surface area contributed by atoms with Gasteiger partial charge in [0.05, 0.1) is 6.61 Å². The molecule has 4 heteroatoms. The number of rotatable bonds is 6. The summed E-state index contributed by atoms with van der Waals surface area (Å²) in [5.41, 5.74) is 6.64. The minimum atomic E-state index is 0.0719. The van der Waals surface area contributed by atoms with Crippen LogP contribution < -0.4 is 10.5 Å². The predicted octanol–water partition coefficient (Wildman–Crippen LogP) is 2.82. The van der Waals surface area contributed by atoms with Crippen LogP contribution in [0.4, 0.5) is 0 Å². The van der Waals surface area contributed by atoms with Gasteiger partial charge in [0.15, 0.2) is 0 Å². The molecule has 1 atom stereocenters. The number of likely N-dealkylation sites (tertiary alicyclic amines) is 1. The van der Waals surface area contributed by atoms with Gasteiger partial charge in [-0.15, -0.1) is 0 Å². The van der Waals surface area contributed by atoms with Gasteiger partial charge in [-0.3, -0.25) is 4.79 Å². The van der Waals surface area contributed by atoms with Gasteiger partial charge in [0.1, 0.15) is 5.75 Å². The number of hydrogen-bond acceptors (Lipinski definition) is 3. The van der Waals surface area contributed by atoms with Crippen LogP contribution in [0.3, 0.4) is 0 Å². The van der Waals surface area contributed by atoms with E-state index in [1.165, 1.54) is 12.8 Å². The number of carbonyl (C=O) groups excluding carboxylic acids is 1. The summed E-state index contributed by atoms with van der Waals surface area (Å²) in [6.45, 7) is 4.38. The molecule has 1 fully saturated rings. The third-order valence-electron chi connectivity index (χ3n) is 3.86. The molecule has 0 aliphatic carbocycles. The zero-order valence-corrected chi connectivity index (χ0v) is 12.9. The Morgan fingerprint density at radius 2 is 2.10 bits per heavy atom. The number of carbonyl (C=O) groups is 1. The first-order chi connectivity index (χ1) is 10.2. The molecule has 116 valence electrons. The lowest BCUT2D eigenvalue weighted by Crippen LogP contribution is -2.45. The monoisotopic (exact) mass is 290 g/mol. The number of amides is 1. The van der Waals surface area contributed by atoms with E-state index in [-0.39, 0.29) is 11.9 Å². The number of benzene rings is 1. The van der Waals surface area contributed by atoms with Gasteiger partial charge in [0.2, 0.25) is 0 Å². The number of nitrogens with zero attached hydrogens (tertiary/aromatic N) is 1. The van der Waals surface area contributed by atoms with Crippen molar-refractivity contribution in [2.24, 2.45) is 5.73 Å². The van der Waals surface area contributed by atoms with Crippen LogP contribution in [0.2, 0.25) is 0 Å². The molecule has 1 aliphatic rings. The lowest BCUT2D eigenvalue weighted by Gasteiger charge is -2.30. The van der Waals surface area contributed by atoms with E-state index >= 15 is 0 Å². The van der Waals surface area contributed by atoms with E-state index in [0.29, 0.717) is 12.1 Å². The van der Waals surface area contributed by atoms with Crippen molar-refractivity contribution in [3.05, 3.63) is 29.8 Å². The molecule has 2 rings (SSSR count). The van der Waals surface area contributed by atoms with E-state index < -0.39 is 0 Å². The van der Waals surface area contributed by atoms with Crippen LogP contribution in [0.1, 0.15) is 49.4 Å². The molecule has 0 aromatic heterocycles. The highest BCUT2D eigenvalue weighted by atomic mass is 16.5. The minimum absolute atomic E-state index is 0.0719. The molecule has 1 saturated heterocycles. The second-order valence-corrected chi connectivity index (χ2v) is 5.73. The topological polar surface area (TPSA) is 55.6 Å². The zero-order chi connectivity index (χ0) is 15.1. The molecule has 1 amide bonds. The number of unbranched alkanes of at least 4 members (excludes halogenated alkanes) is 2. The highest BCUT2D eigenvalue weighted by Gasteiger charge is 2.22. The number of hydrogen-bond donors (Lipinski definition) is 1. The van der Waals surface area contributed by atoms with E-state index in [9.17, 15) is 4.79 Å². The summed E-state index contributed by atoms with van der Waals surface area (Å²) in [5, 5.41) is 0. The third kappa shape index (κ3) is 4.74. The molecule has 1 aliphatic heterocycles. The summed E-state index contributed by atoms with van der Waals surface area (Å²) >= 11 is 0. The Hall–Kier alpha value is -1.55. The Morgan fingerprint density at radius 3 is 2.76 bits per heavy atom. The third-order valence-corrected chi connectivity index (χ3v) is 3.86. The molecule has 1 aromatic rings. The van der Waals surface area contributed by atoms with E-state index in [1.807, 2.05) is 29.2 Å². The Morgan fingerprint density at radius 1 is 1.33 bits per heavy atom. The summed E-state index contributed by atoms with van der Waals surface area (Å²) in [5.74, 6) is 0.903. The van der Waals surface area contributed by atoms with Crippen LogP contribution in [0, 0.1) is 0 Å². The van der Waals surface area contributed by atoms with Crippen molar-refractivity contribution in [3.8, 4) is 5.75 Å². The Balaban J connectivity index is 1.87. The fourth-order valence-electron chi connectivity index (χ4n) is 2.61. The van der Waals surface area contributed by atoms with E-state index in [0.717, 1.165) is 38.2 Å². The SMILES string of the molecule is CCCCCOc1ccc(C(=O)N2CCCC(N)C2)cc1. The summed E-state index contributed by atoms with van der Waals surface area (Å²) in [6.07, 6.45) is 5.45. The van der Waals surface area contributed by atoms with Gasteiger partial charge in [0.25, 0.3) is 5.91 Å². The van der Waals surface area contributed by atoms with Crippen LogP contribution in [0.25, 0.3) is 0 Å². The van der Waals surface area contributed by atoms with Crippen molar-refractivity contribution < 1.29 is 9.53 Å². The van der Waals surface area contributed by atoms with Gasteiger partial charge < -0.3 is 15.4 Å². The van der Waals surface area contributed by atoms with Crippen molar-refractivity contribution in [2.75, 3.05) is 19.7 Å². The maximum absolute atomic E-state index is 12.4. The first-order valence-corrected chi connectivity index (χ1v) is 7.98. The molecule has 1 unspecified atom stereocenters. The van der Waals surface area contributed by atoms with Gasteiger partial charge in [-0.05, 0) is 43.5 Å². The fraction of sp³-hybridized carbons (Fsp3) is 0.588. The van der Waals surface area contributed by atoms with Gasteiger partial charge >= 0.3 is 0 Å². The van der Waals surface area contributed by atoms with E-state index in [4.69, 9.17) is 10.5 Å². The molecule has 1 heterocycles. The van der Waals surface area contributed by atoms with Crippen molar-refractivity contribution >= 4 is 5.91 Å². The first kappa shape index (κ1) is 15.8. The molecule has 1 aromatic carbocycles. The zero-order valence-electron chi connectivity index (χ0n) is 12.9. The summed E-state index contributed by atoms with van der Waals surface area (Å²) in [6, 6.07) is 7.56. The van der Waals surface area contributed by atoms with Crippen molar-refractivity contribution in [2.45, 2.75) is 45.1 Å². The van der Waals surface area contributed by atoms with Crippen molar-refractivity contribution in [1.29, 1.82) is 0 Å². The summed E-state index contributed by atoms with van der Waals surface area (Å²) in [4.78, 5) is 14.2. The normalized spacial score (nSPS) is 18.6. The number of ether oxygens (including phenoxy) is 1. The second-order valence-electron chi connectivity index (χ2n) is 5.73. The Bertz CT molecular complexity index is 445. The molecular weight excluding hydrogens is 264 g/mol. The summed E-state index contributed by atoms with van der Waals surface area (Å²) < 4.78 is 5.66. The van der Waals surface area contributed by atoms with Crippen LogP contribution in [-0.2, 0) is 0 Å². The molecular formula is C17H26N2O2. The molecule has 2 N–H and O–H groups in total. The van der Waals surface area contributed by atoms with Crippen LogP contribution >= 0.6 is 0 Å². The lowest BCUT2D eigenvalue weighted by molar-refractivity contribution is 0.0709. The average molecular weight is 290 g/mol. The Kier molecular flexibility index (Phi) is 6.05. The molecule has 4 nitrogen and oxygen atoms in total. The van der Waals surface area contributed by atoms with Gasteiger partial charge in [0, 0.05) is 24.7 Å². The van der Waals surface area contributed by atoms with E-state index in [1.54, 1.807) is 0 Å². The largest absolute Gasteiger partial charge is 0.494 e. The average Bonchev–Trinajstić information content (AvgIpc) is 2.51. The fourth-order valence-corrected chi connectivity index (χ4v) is 2.61. The highest BCUT2D eigenvalue weighted by molar-refractivity contribution is 5.94. The van der Waals surface area contributed by atoms with Crippen LogP contribution in [-0.4, -0.2) is 36.5 Å². The van der Waals surface area contributed by atoms with Crippen molar-refractivity contribution in [3.63, 3.8) is 0 Å². The Labute approximate surface area is 127 Å². The highest BCUT2D eigenvalue weighted by Crippen LogP contribution is 2.16. The van der Waals surface area contributed by atoms with Gasteiger partial charge in [-0.25, -0.2) is 0 Å². The molecule has 21 heavy (non-hydrogen) atoms. The molecule has 0 bridgehead atoms. The molecule has 0 radical (unpaired) electrons. The smallest absolute Gasteiger partial charge is 0.253 e. The minimum Gasteiger partial charge on any atom is -0.494 e. The van der Waals surface area contributed by atoms with E-state index in [2.05, 4.69) is 6.92 Å². The second kappa shape index (κ2) is 8.03. The predicted molar refractivity (Wildman–Crippen MR) is 84.6 cm³/mol. The number of piperidine rings is 1. The lowest BCUT2D eigenvalue weighted by atomic mass is 10.1. The quantitative estimate of drug-likeness (QED) is 0.820.